The van der Waals surface area contributed by atoms with Crippen LogP contribution in [0.2, 0.25) is 0 Å². The smallest absolute Gasteiger partial charge is 0.246 e. The summed E-state index contributed by atoms with van der Waals surface area (Å²) in [5.41, 5.74) is 0.905. The molecule has 1 amide bonds. The van der Waals surface area contributed by atoms with Gasteiger partial charge in [-0.05, 0) is 42.8 Å². The summed E-state index contributed by atoms with van der Waals surface area (Å²) in [7, 11) is -3.51. The molecule has 7 heteroatoms. The van der Waals surface area contributed by atoms with Crippen molar-refractivity contribution in [3.8, 4) is 5.75 Å². The van der Waals surface area contributed by atoms with Crippen molar-refractivity contribution < 1.29 is 17.9 Å². The standard InChI is InChI=1S/C21H24N2O4S/c1-2-27-19-11-8-18(9-12-19)10-13-21(24)22-14-16-23(17-15-22)28(25,26)20-6-4-3-5-7-20/h3-13H,2,14-17H2,1H3/b13-10+. The first-order valence-electron chi connectivity index (χ1n) is 9.26. The lowest BCUT2D eigenvalue weighted by Crippen LogP contribution is -2.50. The minimum atomic E-state index is -3.51. The van der Waals surface area contributed by atoms with Crippen LogP contribution in [0.3, 0.4) is 0 Å². The van der Waals surface area contributed by atoms with Gasteiger partial charge in [0.05, 0.1) is 11.5 Å². The second-order valence-corrected chi connectivity index (χ2v) is 8.32. The van der Waals surface area contributed by atoms with Crippen molar-refractivity contribution in [2.24, 2.45) is 0 Å². The van der Waals surface area contributed by atoms with Gasteiger partial charge in [0.15, 0.2) is 0 Å². The molecular formula is C21H24N2O4S. The van der Waals surface area contributed by atoms with Crippen LogP contribution in [0.1, 0.15) is 12.5 Å². The van der Waals surface area contributed by atoms with Crippen LogP contribution in [0, 0.1) is 0 Å². The second kappa shape index (κ2) is 9.03. The Labute approximate surface area is 166 Å². The van der Waals surface area contributed by atoms with Gasteiger partial charge >= 0.3 is 0 Å². The number of hydrogen-bond acceptors (Lipinski definition) is 4. The Morgan fingerprint density at radius 3 is 2.25 bits per heavy atom. The highest BCUT2D eigenvalue weighted by Gasteiger charge is 2.29. The van der Waals surface area contributed by atoms with Crippen LogP contribution in [0.5, 0.6) is 5.75 Å². The van der Waals surface area contributed by atoms with Gasteiger partial charge in [-0.3, -0.25) is 4.79 Å². The quantitative estimate of drug-likeness (QED) is 0.699. The van der Waals surface area contributed by atoms with E-state index in [0.29, 0.717) is 32.8 Å². The van der Waals surface area contributed by atoms with Gasteiger partial charge in [-0.2, -0.15) is 4.31 Å². The summed E-state index contributed by atoms with van der Waals surface area (Å²) in [5.74, 6) is 0.673. The Balaban J connectivity index is 1.56. The highest BCUT2D eigenvalue weighted by molar-refractivity contribution is 7.89. The van der Waals surface area contributed by atoms with E-state index in [1.165, 1.54) is 10.4 Å². The zero-order valence-corrected chi connectivity index (χ0v) is 16.6. The number of amides is 1. The predicted octanol–water partition coefficient (Wildman–Crippen LogP) is 2.63. The Morgan fingerprint density at radius 1 is 1.00 bits per heavy atom. The summed E-state index contributed by atoms with van der Waals surface area (Å²) in [4.78, 5) is 14.4. The largest absolute Gasteiger partial charge is 0.494 e. The zero-order chi connectivity index (χ0) is 20.0. The number of carbonyl (C=O) groups excluding carboxylic acids is 1. The van der Waals surface area contributed by atoms with Crippen molar-refractivity contribution in [2.75, 3.05) is 32.8 Å². The molecule has 148 valence electrons. The lowest BCUT2D eigenvalue weighted by molar-refractivity contribution is -0.127. The molecule has 6 nitrogen and oxygen atoms in total. The molecule has 1 heterocycles. The maximum Gasteiger partial charge on any atom is 0.246 e. The van der Waals surface area contributed by atoms with Crippen LogP contribution in [0.15, 0.2) is 65.6 Å². The van der Waals surface area contributed by atoms with Crippen LogP contribution in [0.4, 0.5) is 0 Å². The predicted molar refractivity (Wildman–Crippen MR) is 108 cm³/mol. The number of rotatable bonds is 6. The summed E-state index contributed by atoms with van der Waals surface area (Å²) in [5, 5.41) is 0. The van der Waals surface area contributed by atoms with Crippen LogP contribution in [-0.4, -0.2) is 56.3 Å². The molecular weight excluding hydrogens is 376 g/mol. The molecule has 0 spiro atoms. The molecule has 0 bridgehead atoms. The third-order valence-electron chi connectivity index (χ3n) is 4.54. The van der Waals surface area contributed by atoms with Crippen LogP contribution in [0.25, 0.3) is 6.08 Å². The monoisotopic (exact) mass is 400 g/mol. The fourth-order valence-corrected chi connectivity index (χ4v) is 4.45. The topological polar surface area (TPSA) is 66.9 Å². The normalized spacial score (nSPS) is 15.7. The molecule has 28 heavy (non-hydrogen) atoms. The molecule has 1 saturated heterocycles. The van der Waals surface area contributed by atoms with Gasteiger partial charge in [0.25, 0.3) is 0 Å². The van der Waals surface area contributed by atoms with Gasteiger partial charge in [0.1, 0.15) is 5.75 Å². The van der Waals surface area contributed by atoms with Crippen molar-refractivity contribution in [1.82, 2.24) is 9.21 Å². The summed E-state index contributed by atoms with van der Waals surface area (Å²) < 4.78 is 32.1. The minimum absolute atomic E-state index is 0.120. The number of carbonyl (C=O) groups is 1. The summed E-state index contributed by atoms with van der Waals surface area (Å²) in [6.07, 6.45) is 3.28. The number of hydrogen-bond donors (Lipinski definition) is 0. The summed E-state index contributed by atoms with van der Waals surface area (Å²) in [6, 6.07) is 15.9. The van der Waals surface area contributed by atoms with Crippen molar-refractivity contribution in [3.05, 3.63) is 66.2 Å². The first-order chi connectivity index (χ1) is 13.5. The van der Waals surface area contributed by atoms with E-state index in [4.69, 9.17) is 4.74 Å². The average Bonchev–Trinajstić information content (AvgIpc) is 2.74. The van der Waals surface area contributed by atoms with Gasteiger partial charge in [-0.1, -0.05) is 30.3 Å². The van der Waals surface area contributed by atoms with E-state index in [0.717, 1.165) is 11.3 Å². The molecule has 2 aromatic rings. The van der Waals surface area contributed by atoms with E-state index >= 15 is 0 Å². The van der Waals surface area contributed by atoms with Crippen molar-refractivity contribution in [1.29, 1.82) is 0 Å². The number of ether oxygens (including phenoxy) is 1. The van der Waals surface area contributed by atoms with Crippen molar-refractivity contribution in [3.63, 3.8) is 0 Å². The highest BCUT2D eigenvalue weighted by Crippen LogP contribution is 2.18. The van der Waals surface area contributed by atoms with Crippen molar-refractivity contribution in [2.45, 2.75) is 11.8 Å². The SMILES string of the molecule is CCOc1ccc(/C=C/C(=O)N2CCN(S(=O)(=O)c3ccccc3)CC2)cc1. The first-order valence-corrected chi connectivity index (χ1v) is 10.7. The molecule has 0 aliphatic carbocycles. The Kier molecular flexibility index (Phi) is 6.49. The molecule has 1 aliphatic heterocycles. The lowest BCUT2D eigenvalue weighted by Gasteiger charge is -2.33. The Hall–Kier alpha value is -2.64. The molecule has 0 radical (unpaired) electrons. The molecule has 0 N–H and O–H groups in total. The summed E-state index contributed by atoms with van der Waals surface area (Å²) >= 11 is 0. The first kappa shape index (κ1) is 20.1. The molecule has 1 aliphatic rings. The van der Waals surface area contributed by atoms with Gasteiger partial charge < -0.3 is 9.64 Å². The lowest BCUT2D eigenvalue weighted by atomic mass is 10.2. The fraction of sp³-hybridized carbons (Fsp3) is 0.286. The van der Waals surface area contributed by atoms with E-state index in [-0.39, 0.29) is 10.8 Å². The second-order valence-electron chi connectivity index (χ2n) is 6.38. The van der Waals surface area contributed by atoms with Gasteiger partial charge in [0.2, 0.25) is 15.9 Å². The van der Waals surface area contributed by atoms with Gasteiger partial charge in [-0.15, -0.1) is 0 Å². The zero-order valence-electron chi connectivity index (χ0n) is 15.8. The van der Waals surface area contributed by atoms with Gasteiger partial charge in [0, 0.05) is 32.3 Å². The third kappa shape index (κ3) is 4.79. The minimum Gasteiger partial charge on any atom is -0.494 e. The highest BCUT2D eigenvalue weighted by atomic mass is 32.2. The molecule has 1 fully saturated rings. The van der Waals surface area contributed by atoms with Gasteiger partial charge in [-0.25, -0.2) is 8.42 Å². The van der Waals surface area contributed by atoms with E-state index in [1.807, 2.05) is 31.2 Å². The number of nitrogens with zero attached hydrogens (tertiary/aromatic N) is 2. The van der Waals surface area contributed by atoms with E-state index < -0.39 is 10.0 Å². The molecule has 0 unspecified atom stereocenters. The molecule has 0 atom stereocenters. The number of benzene rings is 2. The Bertz CT molecular complexity index is 917. The van der Waals surface area contributed by atoms with E-state index in [9.17, 15) is 13.2 Å². The third-order valence-corrected chi connectivity index (χ3v) is 6.45. The maximum atomic E-state index is 12.6. The molecule has 0 aromatic heterocycles. The summed E-state index contributed by atoms with van der Waals surface area (Å²) in [6.45, 7) is 3.87. The number of piperazine rings is 1. The van der Waals surface area contributed by atoms with Crippen LogP contribution < -0.4 is 4.74 Å². The van der Waals surface area contributed by atoms with E-state index in [1.54, 1.807) is 41.3 Å². The van der Waals surface area contributed by atoms with Crippen LogP contribution in [-0.2, 0) is 14.8 Å². The molecule has 2 aromatic carbocycles. The molecule has 3 rings (SSSR count). The maximum absolute atomic E-state index is 12.6. The fourth-order valence-electron chi connectivity index (χ4n) is 3.01. The average molecular weight is 401 g/mol. The Morgan fingerprint density at radius 2 is 1.64 bits per heavy atom. The molecule has 0 saturated carbocycles. The number of sulfonamides is 1. The van der Waals surface area contributed by atoms with Crippen LogP contribution >= 0.6 is 0 Å². The van der Waals surface area contributed by atoms with Crippen molar-refractivity contribution >= 4 is 22.0 Å². The van der Waals surface area contributed by atoms with E-state index in [2.05, 4.69) is 0 Å².